The zero-order valence-corrected chi connectivity index (χ0v) is 28.7. The maximum Gasteiger partial charge on any atom is 0.261 e. The molecule has 0 N–H and O–H groups in total. The van der Waals surface area contributed by atoms with Crippen LogP contribution < -0.4 is 0 Å². The van der Waals surface area contributed by atoms with E-state index in [-0.39, 0.29) is 35.5 Å². The average Bonchev–Trinajstić information content (AvgIpc) is 3.61. The van der Waals surface area contributed by atoms with Crippen molar-refractivity contribution in [3.05, 3.63) is 82.9 Å². The smallest absolute Gasteiger partial charge is 0.261 e. The van der Waals surface area contributed by atoms with Gasteiger partial charge in [0, 0.05) is 79.1 Å². The highest BCUT2D eigenvalue weighted by molar-refractivity contribution is 6.32. The molecule has 0 spiro atoms. The van der Waals surface area contributed by atoms with Crippen molar-refractivity contribution in [3.63, 3.8) is 0 Å². The van der Waals surface area contributed by atoms with Gasteiger partial charge in [0.15, 0.2) is 0 Å². The number of benzene rings is 5. The molecular formula is C42H28N6O4. The topological polar surface area (TPSA) is 126 Å². The molecule has 2 aliphatic carbocycles. The second kappa shape index (κ2) is 9.67. The first kappa shape index (κ1) is 29.3. The molecule has 5 aromatic carbocycles. The number of amides is 4. The van der Waals surface area contributed by atoms with Crippen LogP contribution in [0.1, 0.15) is 69.1 Å². The van der Waals surface area contributed by atoms with Gasteiger partial charge in [-0.2, -0.15) is 0 Å². The predicted molar refractivity (Wildman–Crippen MR) is 197 cm³/mol. The Labute approximate surface area is 296 Å². The zero-order chi connectivity index (χ0) is 35.5. The SMILES string of the molecule is CC(C)CN1C(=O)c2ccc3c4c(ccc(c24)C1=O)-c1nc2cc4nc5c(nc4cc2nc1-3)-c1ccc2c3c(ccc-5c13)C(=O)N(CC(C)C)C2=O. The molecule has 7 aromatic rings. The Balaban J connectivity index is 1.07. The number of imide groups is 2. The Bertz CT molecular complexity index is 2590. The van der Waals surface area contributed by atoms with Gasteiger partial charge in [-0.15, -0.1) is 0 Å². The van der Waals surface area contributed by atoms with Gasteiger partial charge in [-0.1, -0.05) is 52.0 Å². The standard InChI is InChI=1S/C42H28N6O4/c1-17(2)15-47-39(49)23-9-5-19-31-20(6-10-24(33(23)31)40(47)50)36-35(19)43-27-13-29-30(14-28(27)44-36)46-38-22-8-12-26-34-25(11-7-21(32(22)34)37(38)45-29)41(51)48(42(26)52)16-18(3)4/h5-14,17-18H,15-16H2,1-4H3. The van der Waals surface area contributed by atoms with E-state index in [0.29, 0.717) is 91.0 Å². The van der Waals surface area contributed by atoms with Crippen LogP contribution in [0.2, 0.25) is 0 Å². The zero-order valence-electron chi connectivity index (χ0n) is 28.7. The minimum atomic E-state index is -0.276. The summed E-state index contributed by atoms with van der Waals surface area (Å²) in [4.78, 5) is 77.4. The first-order valence-electron chi connectivity index (χ1n) is 17.6. The fourth-order valence-electron chi connectivity index (χ4n) is 8.68. The van der Waals surface area contributed by atoms with Gasteiger partial charge in [-0.3, -0.25) is 29.0 Å². The van der Waals surface area contributed by atoms with Crippen molar-refractivity contribution in [2.75, 3.05) is 13.1 Å². The third-order valence-electron chi connectivity index (χ3n) is 10.8. The van der Waals surface area contributed by atoms with Gasteiger partial charge >= 0.3 is 0 Å². The number of carbonyl (C=O) groups excluding carboxylic acids is 4. The molecule has 2 aliphatic heterocycles. The van der Waals surface area contributed by atoms with E-state index in [1.54, 1.807) is 24.3 Å². The van der Waals surface area contributed by atoms with E-state index in [0.717, 1.165) is 33.0 Å². The fourth-order valence-corrected chi connectivity index (χ4v) is 8.68. The minimum Gasteiger partial charge on any atom is -0.274 e. The van der Waals surface area contributed by atoms with E-state index in [4.69, 9.17) is 19.9 Å². The summed E-state index contributed by atoms with van der Waals surface area (Å²) >= 11 is 0. The molecule has 0 bridgehead atoms. The molecule has 4 aliphatic rings. The largest absolute Gasteiger partial charge is 0.274 e. The van der Waals surface area contributed by atoms with Crippen LogP contribution in [0.5, 0.6) is 0 Å². The Kier molecular flexibility index (Phi) is 5.45. The number of rotatable bonds is 4. The molecule has 10 nitrogen and oxygen atoms in total. The quantitative estimate of drug-likeness (QED) is 0.137. The number of hydrogen-bond donors (Lipinski definition) is 0. The first-order valence-corrected chi connectivity index (χ1v) is 17.6. The molecule has 4 heterocycles. The molecule has 0 saturated heterocycles. The van der Waals surface area contributed by atoms with Crippen LogP contribution >= 0.6 is 0 Å². The van der Waals surface area contributed by atoms with E-state index in [1.807, 2.05) is 64.1 Å². The van der Waals surface area contributed by atoms with Crippen LogP contribution in [-0.4, -0.2) is 66.5 Å². The van der Waals surface area contributed by atoms with E-state index in [1.165, 1.54) is 9.80 Å². The second-order valence-corrected chi connectivity index (χ2v) is 15.0. The minimum absolute atomic E-state index is 0.145. The summed E-state index contributed by atoms with van der Waals surface area (Å²) in [5.74, 6) is -0.816. The van der Waals surface area contributed by atoms with Crippen molar-refractivity contribution >= 4 is 67.2 Å². The number of carbonyl (C=O) groups is 4. The van der Waals surface area contributed by atoms with Crippen molar-refractivity contribution in [2.45, 2.75) is 27.7 Å². The number of hydrogen-bond acceptors (Lipinski definition) is 8. The van der Waals surface area contributed by atoms with E-state index < -0.39 is 0 Å². The van der Waals surface area contributed by atoms with Crippen molar-refractivity contribution < 1.29 is 19.2 Å². The van der Waals surface area contributed by atoms with Crippen molar-refractivity contribution in [1.82, 2.24) is 29.7 Å². The molecule has 0 unspecified atom stereocenters. The summed E-state index contributed by atoms with van der Waals surface area (Å²) < 4.78 is 0. The van der Waals surface area contributed by atoms with Crippen LogP contribution in [0.25, 0.3) is 88.6 Å². The Morgan fingerprint density at radius 2 is 0.635 bits per heavy atom. The van der Waals surface area contributed by atoms with Crippen LogP contribution in [0, 0.1) is 11.8 Å². The molecule has 0 saturated carbocycles. The van der Waals surface area contributed by atoms with E-state index in [9.17, 15) is 19.2 Å². The maximum absolute atomic E-state index is 13.6. The summed E-state index contributed by atoms with van der Waals surface area (Å²) in [7, 11) is 0. The highest BCUT2D eigenvalue weighted by atomic mass is 16.2. The number of aromatic nitrogens is 4. The molecule has 2 aromatic heterocycles. The number of fused-ring (bicyclic) bond motifs is 8. The monoisotopic (exact) mass is 680 g/mol. The lowest BCUT2D eigenvalue weighted by molar-refractivity contribution is 0.0577. The van der Waals surface area contributed by atoms with Crippen molar-refractivity contribution in [1.29, 1.82) is 0 Å². The molecule has 11 rings (SSSR count). The Morgan fingerprint density at radius 3 is 0.885 bits per heavy atom. The lowest BCUT2D eigenvalue weighted by Gasteiger charge is -2.28. The van der Waals surface area contributed by atoms with Crippen molar-refractivity contribution in [2.24, 2.45) is 11.8 Å². The second-order valence-electron chi connectivity index (χ2n) is 15.0. The maximum atomic E-state index is 13.6. The van der Waals surface area contributed by atoms with Gasteiger partial charge in [-0.05, 0) is 48.2 Å². The van der Waals surface area contributed by atoms with Crippen LogP contribution in [-0.2, 0) is 0 Å². The summed E-state index contributed by atoms with van der Waals surface area (Å²) in [6.45, 7) is 8.68. The molecular weight excluding hydrogens is 653 g/mol. The van der Waals surface area contributed by atoms with Crippen molar-refractivity contribution in [3.8, 4) is 45.0 Å². The first-order chi connectivity index (χ1) is 25.1. The summed E-state index contributed by atoms with van der Waals surface area (Å²) in [5.41, 5.74) is 10.7. The lowest BCUT2D eigenvalue weighted by Crippen LogP contribution is -2.42. The molecule has 0 fully saturated rings. The van der Waals surface area contributed by atoms with E-state index >= 15 is 0 Å². The average molecular weight is 681 g/mol. The summed E-state index contributed by atoms with van der Waals surface area (Å²) in [5, 5.41) is 2.97. The lowest BCUT2D eigenvalue weighted by atomic mass is 9.90. The van der Waals surface area contributed by atoms with Crippen LogP contribution in [0.4, 0.5) is 0 Å². The molecule has 52 heavy (non-hydrogen) atoms. The van der Waals surface area contributed by atoms with Gasteiger partial charge < -0.3 is 0 Å². The van der Waals surface area contributed by atoms with Gasteiger partial charge in [0.1, 0.15) is 0 Å². The third-order valence-corrected chi connectivity index (χ3v) is 10.8. The molecule has 0 atom stereocenters. The third kappa shape index (κ3) is 3.53. The normalized spacial score (nSPS) is 15.1. The van der Waals surface area contributed by atoms with Gasteiger partial charge in [0.05, 0.1) is 44.8 Å². The highest BCUT2D eigenvalue weighted by Crippen LogP contribution is 2.51. The number of nitrogens with zero attached hydrogens (tertiary/aromatic N) is 6. The van der Waals surface area contributed by atoms with Gasteiger partial charge in [0.25, 0.3) is 23.6 Å². The molecule has 250 valence electrons. The summed E-state index contributed by atoms with van der Waals surface area (Å²) in [6, 6.07) is 18.7. The predicted octanol–water partition coefficient (Wildman–Crippen LogP) is 7.68. The van der Waals surface area contributed by atoms with E-state index in [2.05, 4.69) is 0 Å². The van der Waals surface area contributed by atoms with Crippen LogP contribution in [0.3, 0.4) is 0 Å². The molecule has 0 radical (unpaired) electrons. The fraction of sp³-hybridized carbons (Fsp3) is 0.190. The van der Waals surface area contributed by atoms with Gasteiger partial charge in [0.2, 0.25) is 0 Å². The molecule has 10 heteroatoms. The Morgan fingerprint density at radius 1 is 0.404 bits per heavy atom. The highest BCUT2D eigenvalue weighted by Gasteiger charge is 2.39. The Hall–Kier alpha value is -6.42. The summed E-state index contributed by atoms with van der Waals surface area (Å²) in [6.07, 6.45) is 0. The van der Waals surface area contributed by atoms with Gasteiger partial charge in [-0.25, -0.2) is 19.9 Å². The molecule has 4 amide bonds. The van der Waals surface area contributed by atoms with Crippen LogP contribution in [0.15, 0.2) is 60.7 Å².